The van der Waals surface area contributed by atoms with Gasteiger partial charge in [0.2, 0.25) is 0 Å². The fourth-order valence-corrected chi connectivity index (χ4v) is 2.00. The highest BCUT2D eigenvalue weighted by atomic mass is 16.5. The van der Waals surface area contributed by atoms with Crippen molar-refractivity contribution in [3.05, 3.63) is 41.7 Å². The smallest absolute Gasteiger partial charge is 0.119 e. The zero-order valence-corrected chi connectivity index (χ0v) is 11.9. The first-order chi connectivity index (χ1) is 9.00. The van der Waals surface area contributed by atoms with E-state index < -0.39 is 0 Å². The molecule has 2 N–H and O–H groups in total. The second-order valence-electron chi connectivity index (χ2n) is 5.60. The van der Waals surface area contributed by atoms with Gasteiger partial charge in [-0.2, -0.15) is 5.10 Å². The lowest BCUT2D eigenvalue weighted by atomic mass is 9.89. The van der Waals surface area contributed by atoms with Gasteiger partial charge in [0.05, 0.1) is 13.3 Å². The summed E-state index contributed by atoms with van der Waals surface area (Å²) in [5.74, 6) is 0.865. The third-order valence-electron chi connectivity index (χ3n) is 3.04. The molecule has 2 aromatic rings. The van der Waals surface area contributed by atoms with E-state index in [9.17, 15) is 0 Å². The van der Waals surface area contributed by atoms with Gasteiger partial charge in [-0.3, -0.25) is 5.10 Å². The second-order valence-corrected chi connectivity index (χ2v) is 5.60. The molecular weight excluding hydrogens is 238 g/mol. The SMILES string of the molecule is COc1ccc(NCc2cn[nH]c2C(C)(C)C)cc1. The molecule has 0 fully saturated rings. The standard InChI is InChI=1S/C15H21N3O/c1-15(2,3)14-11(10-17-18-14)9-16-12-5-7-13(19-4)8-6-12/h5-8,10,16H,9H2,1-4H3,(H,17,18). The van der Waals surface area contributed by atoms with Gasteiger partial charge in [-0.05, 0) is 24.3 Å². The van der Waals surface area contributed by atoms with E-state index in [4.69, 9.17) is 4.74 Å². The predicted octanol–water partition coefficient (Wildman–Crippen LogP) is 3.33. The number of hydrogen-bond acceptors (Lipinski definition) is 3. The quantitative estimate of drug-likeness (QED) is 0.885. The molecule has 4 nitrogen and oxygen atoms in total. The van der Waals surface area contributed by atoms with Crippen molar-refractivity contribution in [2.24, 2.45) is 0 Å². The first-order valence-corrected chi connectivity index (χ1v) is 6.41. The number of aromatic nitrogens is 2. The average molecular weight is 259 g/mol. The Hall–Kier alpha value is -1.97. The average Bonchev–Trinajstić information content (AvgIpc) is 2.85. The first-order valence-electron chi connectivity index (χ1n) is 6.41. The van der Waals surface area contributed by atoms with E-state index in [0.717, 1.165) is 18.0 Å². The Labute approximate surface area is 114 Å². The van der Waals surface area contributed by atoms with E-state index in [2.05, 4.69) is 36.3 Å². The molecule has 0 unspecified atom stereocenters. The lowest BCUT2D eigenvalue weighted by Crippen LogP contribution is -2.15. The summed E-state index contributed by atoms with van der Waals surface area (Å²) >= 11 is 0. The van der Waals surface area contributed by atoms with Crippen molar-refractivity contribution in [2.75, 3.05) is 12.4 Å². The topological polar surface area (TPSA) is 49.9 Å². The van der Waals surface area contributed by atoms with Gasteiger partial charge in [0.15, 0.2) is 0 Å². The highest BCUT2D eigenvalue weighted by molar-refractivity contribution is 5.47. The van der Waals surface area contributed by atoms with Gasteiger partial charge in [-0.25, -0.2) is 0 Å². The molecule has 1 aromatic carbocycles. The maximum absolute atomic E-state index is 5.14. The maximum atomic E-state index is 5.14. The Kier molecular flexibility index (Phi) is 3.79. The van der Waals surface area contributed by atoms with E-state index in [-0.39, 0.29) is 5.41 Å². The Morgan fingerprint density at radius 1 is 1.21 bits per heavy atom. The normalized spacial score (nSPS) is 11.4. The summed E-state index contributed by atoms with van der Waals surface area (Å²) in [6, 6.07) is 7.91. The Balaban J connectivity index is 2.04. The summed E-state index contributed by atoms with van der Waals surface area (Å²) in [6.07, 6.45) is 1.89. The number of aromatic amines is 1. The lowest BCUT2D eigenvalue weighted by Gasteiger charge is -2.18. The molecule has 0 aliphatic heterocycles. The number of nitrogens with zero attached hydrogens (tertiary/aromatic N) is 1. The third-order valence-corrected chi connectivity index (χ3v) is 3.04. The summed E-state index contributed by atoms with van der Waals surface area (Å²) in [5.41, 5.74) is 3.52. The summed E-state index contributed by atoms with van der Waals surface area (Å²) in [4.78, 5) is 0. The number of rotatable bonds is 4. The van der Waals surface area contributed by atoms with Crippen LogP contribution in [0.2, 0.25) is 0 Å². The van der Waals surface area contributed by atoms with E-state index in [1.807, 2.05) is 30.5 Å². The van der Waals surface area contributed by atoms with Crippen LogP contribution in [0.3, 0.4) is 0 Å². The minimum Gasteiger partial charge on any atom is -0.497 e. The Morgan fingerprint density at radius 3 is 2.47 bits per heavy atom. The van der Waals surface area contributed by atoms with Gasteiger partial charge in [0.1, 0.15) is 5.75 Å². The second kappa shape index (κ2) is 5.34. The zero-order valence-electron chi connectivity index (χ0n) is 11.9. The van der Waals surface area contributed by atoms with E-state index in [1.165, 1.54) is 11.3 Å². The zero-order chi connectivity index (χ0) is 13.9. The molecule has 0 saturated heterocycles. The molecule has 0 radical (unpaired) electrons. The fourth-order valence-electron chi connectivity index (χ4n) is 2.00. The van der Waals surface area contributed by atoms with Crippen molar-refractivity contribution < 1.29 is 4.74 Å². The number of nitrogens with one attached hydrogen (secondary N) is 2. The molecule has 1 heterocycles. The van der Waals surface area contributed by atoms with Crippen LogP contribution >= 0.6 is 0 Å². The van der Waals surface area contributed by atoms with Gasteiger partial charge in [-0.15, -0.1) is 0 Å². The highest BCUT2D eigenvalue weighted by Crippen LogP contribution is 2.24. The number of anilines is 1. The number of H-pyrrole nitrogens is 1. The number of ether oxygens (including phenoxy) is 1. The largest absolute Gasteiger partial charge is 0.497 e. The Morgan fingerprint density at radius 2 is 1.89 bits per heavy atom. The molecule has 0 atom stereocenters. The van der Waals surface area contributed by atoms with Crippen molar-refractivity contribution in [1.29, 1.82) is 0 Å². The van der Waals surface area contributed by atoms with Crippen molar-refractivity contribution in [3.8, 4) is 5.75 Å². The lowest BCUT2D eigenvalue weighted by molar-refractivity contribution is 0.415. The van der Waals surface area contributed by atoms with Crippen molar-refractivity contribution in [2.45, 2.75) is 32.7 Å². The third kappa shape index (κ3) is 3.28. The molecule has 0 spiro atoms. The molecule has 0 aliphatic rings. The van der Waals surface area contributed by atoms with Gasteiger partial charge in [0.25, 0.3) is 0 Å². The van der Waals surface area contributed by atoms with Crippen LogP contribution in [0.5, 0.6) is 5.75 Å². The maximum Gasteiger partial charge on any atom is 0.119 e. The van der Waals surface area contributed by atoms with Crippen LogP contribution in [0.25, 0.3) is 0 Å². The predicted molar refractivity (Wildman–Crippen MR) is 77.6 cm³/mol. The van der Waals surface area contributed by atoms with Crippen LogP contribution in [0.15, 0.2) is 30.5 Å². The van der Waals surface area contributed by atoms with Crippen molar-refractivity contribution >= 4 is 5.69 Å². The van der Waals surface area contributed by atoms with Crippen molar-refractivity contribution in [3.63, 3.8) is 0 Å². The molecule has 4 heteroatoms. The van der Waals surface area contributed by atoms with Crippen LogP contribution in [0.4, 0.5) is 5.69 Å². The molecule has 0 bridgehead atoms. The summed E-state index contributed by atoms with van der Waals surface area (Å²) in [6.45, 7) is 7.29. The van der Waals surface area contributed by atoms with Crippen LogP contribution in [-0.2, 0) is 12.0 Å². The minimum atomic E-state index is 0.0768. The van der Waals surface area contributed by atoms with Gasteiger partial charge < -0.3 is 10.1 Å². The minimum absolute atomic E-state index is 0.0768. The Bertz CT molecular complexity index is 523. The summed E-state index contributed by atoms with van der Waals surface area (Å²) in [5, 5.41) is 10.6. The van der Waals surface area contributed by atoms with Gasteiger partial charge in [-0.1, -0.05) is 20.8 Å². The van der Waals surface area contributed by atoms with Crippen molar-refractivity contribution in [1.82, 2.24) is 10.2 Å². The number of methoxy groups -OCH3 is 1. The highest BCUT2D eigenvalue weighted by Gasteiger charge is 2.19. The number of hydrogen-bond donors (Lipinski definition) is 2. The molecule has 19 heavy (non-hydrogen) atoms. The number of benzene rings is 1. The van der Waals surface area contributed by atoms with Crippen LogP contribution in [0, 0.1) is 0 Å². The molecule has 0 aliphatic carbocycles. The summed E-state index contributed by atoms with van der Waals surface area (Å²) in [7, 11) is 1.67. The molecule has 102 valence electrons. The van der Waals surface area contributed by atoms with Crippen LogP contribution in [0.1, 0.15) is 32.0 Å². The van der Waals surface area contributed by atoms with Crippen LogP contribution < -0.4 is 10.1 Å². The monoisotopic (exact) mass is 259 g/mol. The van der Waals surface area contributed by atoms with E-state index >= 15 is 0 Å². The van der Waals surface area contributed by atoms with Crippen LogP contribution in [-0.4, -0.2) is 17.3 Å². The molecule has 0 amide bonds. The van der Waals surface area contributed by atoms with Gasteiger partial charge in [0, 0.05) is 28.9 Å². The first kappa shape index (κ1) is 13.5. The fraction of sp³-hybridized carbons (Fsp3) is 0.400. The summed E-state index contributed by atoms with van der Waals surface area (Å²) < 4.78 is 5.14. The molecule has 2 rings (SSSR count). The van der Waals surface area contributed by atoms with E-state index in [0.29, 0.717) is 0 Å². The molecular formula is C15H21N3O. The van der Waals surface area contributed by atoms with E-state index in [1.54, 1.807) is 7.11 Å². The molecule has 0 saturated carbocycles. The van der Waals surface area contributed by atoms with Gasteiger partial charge >= 0.3 is 0 Å². The molecule has 1 aromatic heterocycles.